The Morgan fingerprint density at radius 1 is 0.773 bits per heavy atom. The van der Waals surface area contributed by atoms with E-state index in [2.05, 4.69) is 88.4 Å². The molecular weight excluding hydrogens is 284 g/mol. The highest BCUT2D eigenvalue weighted by atomic mass is 28.4. The van der Waals surface area contributed by atoms with Crippen molar-refractivity contribution in [3.05, 3.63) is 60.7 Å². The molecule has 0 aliphatic carbocycles. The molecule has 2 rings (SSSR count). The van der Waals surface area contributed by atoms with Gasteiger partial charge in [0.15, 0.2) is 0 Å². The first-order valence-corrected chi connectivity index (χ1v) is 10.3. The van der Waals surface area contributed by atoms with Crippen molar-refractivity contribution in [2.45, 2.75) is 39.7 Å². The van der Waals surface area contributed by atoms with E-state index >= 15 is 0 Å². The number of rotatable bonds is 7. The Bertz CT molecular complexity index is 509. The molecule has 22 heavy (non-hydrogen) atoms. The summed E-state index contributed by atoms with van der Waals surface area (Å²) in [5, 5.41) is 2.75. The van der Waals surface area contributed by atoms with Gasteiger partial charge in [0.2, 0.25) is 0 Å². The van der Waals surface area contributed by atoms with Gasteiger partial charge in [-0.15, -0.1) is 0 Å². The Labute approximate surface area is 136 Å². The second-order valence-corrected chi connectivity index (χ2v) is 10.7. The van der Waals surface area contributed by atoms with Gasteiger partial charge >= 0.3 is 0 Å². The first kappa shape index (κ1) is 17.0. The zero-order valence-electron chi connectivity index (χ0n) is 14.3. The Morgan fingerprint density at radius 2 is 1.23 bits per heavy atom. The molecule has 0 radical (unpaired) electrons. The molecule has 2 aromatic rings. The first-order chi connectivity index (χ1) is 10.6. The van der Waals surface area contributed by atoms with E-state index in [0.29, 0.717) is 11.5 Å². The quantitative estimate of drug-likeness (QED) is 0.696. The van der Waals surface area contributed by atoms with Crippen LogP contribution in [0.5, 0.6) is 0 Å². The van der Waals surface area contributed by atoms with Gasteiger partial charge in [-0.3, -0.25) is 0 Å². The zero-order valence-corrected chi connectivity index (χ0v) is 15.3. The molecule has 2 heteroatoms. The van der Waals surface area contributed by atoms with E-state index in [1.54, 1.807) is 0 Å². The maximum absolute atomic E-state index is 6.71. The standard InChI is InChI=1S/C20H28OSi/c1-17(2)15-16-21-22(18(3)4,19-11-7-5-8-12-19)20-13-9-6-10-14-20/h5-14,17-18H,15-16H2,1-4H3. The predicted molar refractivity (Wildman–Crippen MR) is 98.4 cm³/mol. The average Bonchev–Trinajstić information content (AvgIpc) is 2.53. The Morgan fingerprint density at radius 3 is 1.59 bits per heavy atom. The summed E-state index contributed by atoms with van der Waals surface area (Å²) in [7, 11) is -2.19. The van der Waals surface area contributed by atoms with Crippen LogP contribution in [0, 0.1) is 5.92 Å². The third-order valence-electron chi connectivity index (χ3n) is 4.24. The summed E-state index contributed by atoms with van der Waals surface area (Å²) in [6, 6.07) is 21.7. The van der Waals surface area contributed by atoms with E-state index in [1.165, 1.54) is 10.4 Å². The lowest BCUT2D eigenvalue weighted by molar-refractivity contribution is 0.282. The topological polar surface area (TPSA) is 9.23 Å². The van der Waals surface area contributed by atoms with Gasteiger partial charge in [-0.1, -0.05) is 88.4 Å². The van der Waals surface area contributed by atoms with Crippen molar-refractivity contribution in [2.75, 3.05) is 6.61 Å². The molecule has 0 saturated carbocycles. The monoisotopic (exact) mass is 312 g/mol. The molecule has 0 heterocycles. The van der Waals surface area contributed by atoms with Gasteiger partial charge in [-0.25, -0.2) is 0 Å². The summed E-state index contributed by atoms with van der Waals surface area (Å²) in [6.07, 6.45) is 1.11. The van der Waals surface area contributed by atoms with E-state index in [4.69, 9.17) is 4.43 Å². The molecule has 2 aromatic carbocycles. The normalized spacial score (nSPS) is 12.1. The molecule has 0 saturated heterocycles. The third kappa shape index (κ3) is 3.68. The van der Waals surface area contributed by atoms with Gasteiger partial charge in [-0.05, 0) is 28.3 Å². The minimum absolute atomic E-state index is 0.490. The van der Waals surface area contributed by atoms with Gasteiger partial charge in [0.05, 0.1) is 0 Å². The van der Waals surface area contributed by atoms with Crippen LogP contribution in [0.25, 0.3) is 0 Å². The number of hydrogen-bond acceptors (Lipinski definition) is 1. The van der Waals surface area contributed by atoms with Crippen molar-refractivity contribution in [2.24, 2.45) is 5.92 Å². The predicted octanol–water partition coefficient (Wildman–Crippen LogP) is 4.22. The summed E-state index contributed by atoms with van der Waals surface area (Å²) in [4.78, 5) is 0. The third-order valence-corrected chi connectivity index (χ3v) is 8.91. The molecular formula is C20H28OSi. The van der Waals surface area contributed by atoms with Crippen molar-refractivity contribution in [1.82, 2.24) is 0 Å². The lowest BCUT2D eigenvalue weighted by atomic mass is 10.2. The highest BCUT2D eigenvalue weighted by Crippen LogP contribution is 2.23. The van der Waals surface area contributed by atoms with Crippen LogP contribution in [0.2, 0.25) is 5.54 Å². The molecule has 0 aromatic heterocycles. The van der Waals surface area contributed by atoms with Gasteiger partial charge in [-0.2, -0.15) is 0 Å². The molecule has 0 aliphatic heterocycles. The molecule has 0 atom stereocenters. The van der Waals surface area contributed by atoms with Gasteiger partial charge in [0.1, 0.15) is 0 Å². The van der Waals surface area contributed by atoms with Gasteiger partial charge in [0, 0.05) is 6.61 Å². The maximum Gasteiger partial charge on any atom is 0.258 e. The fraction of sp³-hybridized carbons (Fsp3) is 0.400. The highest BCUT2D eigenvalue weighted by molar-refractivity contribution is 6.98. The van der Waals surface area contributed by atoms with Crippen LogP contribution in [0.15, 0.2) is 60.7 Å². The smallest absolute Gasteiger partial charge is 0.258 e. The fourth-order valence-corrected chi connectivity index (χ4v) is 7.14. The summed E-state index contributed by atoms with van der Waals surface area (Å²) in [5.41, 5.74) is 0.490. The average molecular weight is 313 g/mol. The molecule has 118 valence electrons. The van der Waals surface area contributed by atoms with Crippen LogP contribution in [-0.4, -0.2) is 14.9 Å². The van der Waals surface area contributed by atoms with Crippen LogP contribution < -0.4 is 10.4 Å². The molecule has 0 fully saturated rings. The molecule has 0 spiro atoms. The summed E-state index contributed by atoms with van der Waals surface area (Å²) >= 11 is 0. The van der Waals surface area contributed by atoms with E-state index < -0.39 is 8.32 Å². The zero-order chi connectivity index (χ0) is 16.0. The summed E-state index contributed by atoms with van der Waals surface area (Å²) < 4.78 is 6.71. The lowest BCUT2D eigenvalue weighted by Crippen LogP contribution is -2.63. The van der Waals surface area contributed by atoms with Crippen molar-refractivity contribution in [1.29, 1.82) is 0 Å². The van der Waals surface area contributed by atoms with E-state index in [-0.39, 0.29) is 0 Å². The van der Waals surface area contributed by atoms with Crippen LogP contribution in [-0.2, 0) is 4.43 Å². The van der Waals surface area contributed by atoms with Crippen molar-refractivity contribution < 1.29 is 4.43 Å². The van der Waals surface area contributed by atoms with Crippen LogP contribution in [0.4, 0.5) is 0 Å². The summed E-state index contributed by atoms with van der Waals surface area (Å²) in [5.74, 6) is 0.672. The fourth-order valence-electron chi connectivity index (χ4n) is 2.99. The lowest BCUT2D eigenvalue weighted by Gasteiger charge is -2.36. The largest absolute Gasteiger partial charge is 0.408 e. The molecule has 0 bridgehead atoms. The minimum Gasteiger partial charge on any atom is -0.408 e. The number of hydrogen-bond donors (Lipinski definition) is 0. The van der Waals surface area contributed by atoms with Crippen LogP contribution >= 0.6 is 0 Å². The molecule has 0 unspecified atom stereocenters. The maximum atomic E-state index is 6.71. The second-order valence-electron chi connectivity index (χ2n) is 6.65. The Hall–Kier alpha value is -1.38. The molecule has 1 nitrogen and oxygen atoms in total. The van der Waals surface area contributed by atoms with E-state index in [0.717, 1.165) is 13.0 Å². The van der Waals surface area contributed by atoms with E-state index in [1.807, 2.05) is 0 Å². The number of benzene rings is 2. The van der Waals surface area contributed by atoms with Crippen molar-refractivity contribution in [3.8, 4) is 0 Å². The Balaban J connectivity index is 2.46. The second kappa shape index (κ2) is 7.75. The van der Waals surface area contributed by atoms with Gasteiger partial charge in [0.25, 0.3) is 8.32 Å². The van der Waals surface area contributed by atoms with Crippen LogP contribution in [0.1, 0.15) is 34.1 Å². The summed E-state index contributed by atoms with van der Waals surface area (Å²) in [6.45, 7) is 9.97. The van der Waals surface area contributed by atoms with Crippen LogP contribution in [0.3, 0.4) is 0 Å². The first-order valence-electron chi connectivity index (χ1n) is 8.32. The molecule has 0 aliphatic rings. The molecule has 0 N–H and O–H groups in total. The Kier molecular flexibility index (Phi) is 5.98. The van der Waals surface area contributed by atoms with Crippen molar-refractivity contribution >= 4 is 18.7 Å². The molecule has 0 amide bonds. The highest BCUT2D eigenvalue weighted by Gasteiger charge is 2.42. The SMILES string of the molecule is CC(C)CCO[Si](c1ccccc1)(c1ccccc1)C(C)C. The van der Waals surface area contributed by atoms with E-state index in [9.17, 15) is 0 Å². The minimum atomic E-state index is -2.19. The van der Waals surface area contributed by atoms with Gasteiger partial charge < -0.3 is 4.43 Å². The van der Waals surface area contributed by atoms with Crippen molar-refractivity contribution in [3.63, 3.8) is 0 Å².